The van der Waals surface area contributed by atoms with Crippen LogP contribution in [0.15, 0.2) is 53.5 Å². The summed E-state index contributed by atoms with van der Waals surface area (Å²) in [7, 11) is 0. The Kier molecular flexibility index (Phi) is 5.18. The van der Waals surface area contributed by atoms with Crippen LogP contribution in [0.3, 0.4) is 0 Å². The highest BCUT2D eigenvalue weighted by atomic mass is 16.7. The lowest BCUT2D eigenvalue weighted by Gasteiger charge is -2.29. The number of hydrogen-bond acceptors (Lipinski definition) is 5. The van der Waals surface area contributed by atoms with Gasteiger partial charge in [0.15, 0.2) is 0 Å². The van der Waals surface area contributed by atoms with Gasteiger partial charge in [-0.05, 0) is 43.0 Å². The summed E-state index contributed by atoms with van der Waals surface area (Å²) in [6.45, 7) is 3.49. The first-order valence-corrected chi connectivity index (χ1v) is 9.23. The van der Waals surface area contributed by atoms with Crippen LogP contribution in [0, 0.1) is 0 Å². The minimum Gasteiger partial charge on any atom is -0.445 e. The minimum atomic E-state index is -0.112. The number of likely N-dealkylation sites (tertiary alicyclic amines) is 1. The third-order valence-electron chi connectivity index (χ3n) is 4.96. The van der Waals surface area contributed by atoms with Crippen molar-refractivity contribution in [2.75, 3.05) is 19.6 Å². The van der Waals surface area contributed by atoms with Crippen LogP contribution >= 0.6 is 0 Å². The van der Waals surface area contributed by atoms with Gasteiger partial charge in [0.05, 0.1) is 11.8 Å². The summed E-state index contributed by atoms with van der Waals surface area (Å²) in [6, 6.07) is 16.0. The maximum Gasteiger partial charge on any atom is 0.394 e. The summed E-state index contributed by atoms with van der Waals surface area (Å²) >= 11 is 0. The molecule has 2 heterocycles. The normalized spacial score (nSPS) is 18.0. The van der Waals surface area contributed by atoms with Crippen LogP contribution in [0.1, 0.15) is 24.0 Å². The summed E-state index contributed by atoms with van der Waals surface area (Å²) in [4.78, 5) is 6.83. The van der Waals surface area contributed by atoms with Gasteiger partial charge in [-0.25, -0.2) is 0 Å². The molecular weight excluding hydrogens is 328 g/mol. The lowest BCUT2D eigenvalue weighted by molar-refractivity contribution is 0.0832. The Morgan fingerprint density at radius 3 is 2.65 bits per heavy atom. The van der Waals surface area contributed by atoms with E-state index in [1.54, 1.807) is 0 Å². The molecule has 0 saturated carbocycles. The van der Waals surface area contributed by atoms with Crippen LogP contribution in [-0.2, 0) is 17.8 Å². The highest BCUT2D eigenvalue weighted by Crippen LogP contribution is 2.25. The smallest absolute Gasteiger partial charge is 0.394 e. The monoisotopic (exact) mass is 352 g/mol. The third kappa shape index (κ3) is 4.23. The molecule has 4 rings (SSSR count). The maximum atomic E-state index is 9.57. The molecule has 0 aliphatic carbocycles. The number of rotatable bonds is 4. The first-order chi connectivity index (χ1) is 12.8. The van der Waals surface area contributed by atoms with Crippen LogP contribution in [0.5, 0.6) is 5.75 Å². The van der Waals surface area contributed by atoms with E-state index in [4.69, 9.17) is 9.47 Å². The number of nitrogens with zero attached hydrogens (tertiary/aromatic N) is 2. The molecule has 26 heavy (non-hydrogen) atoms. The van der Waals surface area contributed by atoms with E-state index in [9.17, 15) is 5.11 Å². The van der Waals surface area contributed by atoms with Crippen molar-refractivity contribution in [1.29, 1.82) is 0 Å². The van der Waals surface area contributed by atoms with Crippen LogP contribution in [0.25, 0.3) is 0 Å². The van der Waals surface area contributed by atoms with Crippen LogP contribution < -0.4 is 4.74 Å². The molecule has 0 radical (unpaired) electrons. The topological polar surface area (TPSA) is 54.3 Å². The number of hydrogen-bond donors (Lipinski definition) is 1. The van der Waals surface area contributed by atoms with E-state index in [-0.39, 0.29) is 6.10 Å². The Labute approximate surface area is 153 Å². The van der Waals surface area contributed by atoms with E-state index < -0.39 is 0 Å². The minimum absolute atomic E-state index is 0.112. The quantitative estimate of drug-likeness (QED) is 0.917. The van der Waals surface area contributed by atoms with Crippen molar-refractivity contribution >= 4 is 11.8 Å². The number of ether oxygens (including phenoxy) is 2. The SMILES string of the molecule is OC1CCN(CCc2ccc(OC3=Nc4ccccc4CO3)cc2)CC1. The van der Waals surface area contributed by atoms with Gasteiger partial charge in [0.2, 0.25) is 0 Å². The molecule has 136 valence electrons. The van der Waals surface area contributed by atoms with Crippen molar-refractivity contribution in [3.63, 3.8) is 0 Å². The van der Waals surface area contributed by atoms with E-state index in [2.05, 4.69) is 22.0 Å². The van der Waals surface area contributed by atoms with Crippen LogP contribution in [0.2, 0.25) is 0 Å². The maximum absolute atomic E-state index is 9.57. The third-order valence-corrected chi connectivity index (χ3v) is 4.96. The Bertz CT molecular complexity index is 765. The molecule has 0 aromatic heterocycles. The van der Waals surface area contributed by atoms with E-state index in [0.717, 1.165) is 55.9 Å². The summed E-state index contributed by atoms with van der Waals surface area (Å²) in [5.74, 6) is 0.730. The zero-order valence-corrected chi connectivity index (χ0v) is 14.8. The van der Waals surface area contributed by atoms with E-state index in [1.807, 2.05) is 36.4 Å². The van der Waals surface area contributed by atoms with Crippen molar-refractivity contribution in [2.45, 2.75) is 32.0 Å². The summed E-state index contributed by atoms with van der Waals surface area (Å²) in [5.41, 5.74) is 3.25. The van der Waals surface area contributed by atoms with Gasteiger partial charge < -0.3 is 19.5 Å². The molecule has 0 amide bonds. The largest absolute Gasteiger partial charge is 0.445 e. The van der Waals surface area contributed by atoms with Gasteiger partial charge >= 0.3 is 6.08 Å². The molecule has 5 nitrogen and oxygen atoms in total. The first kappa shape index (κ1) is 17.1. The highest BCUT2D eigenvalue weighted by Gasteiger charge is 2.17. The van der Waals surface area contributed by atoms with Crippen LogP contribution in [-0.4, -0.2) is 41.8 Å². The van der Waals surface area contributed by atoms with E-state index in [0.29, 0.717) is 12.7 Å². The molecule has 2 aliphatic rings. The number of benzene rings is 2. The molecule has 2 aromatic rings. The summed E-state index contributed by atoms with van der Waals surface area (Å²) in [5, 5.41) is 9.57. The number of fused-ring (bicyclic) bond motifs is 1. The van der Waals surface area contributed by atoms with Gasteiger partial charge in [-0.2, -0.15) is 4.99 Å². The second-order valence-corrected chi connectivity index (χ2v) is 6.86. The fourth-order valence-electron chi connectivity index (χ4n) is 3.32. The Morgan fingerprint density at radius 1 is 1.08 bits per heavy atom. The molecule has 1 N–H and O–H groups in total. The molecule has 0 spiro atoms. The van der Waals surface area contributed by atoms with Gasteiger partial charge in [-0.3, -0.25) is 0 Å². The second-order valence-electron chi connectivity index (χ2n) is 6.86. The number of aliphatic imine (C=N–C) groups is 1. The van der Waals surface area contributed by atoms with Gasteiger partial charge in [0, 0.05) is 25.2 Å². The number of piperidine rings is 1. The number of aliphatic hydroxyl groups is 1. The standard InChI is InChI=1S/C21H24N2O3/c24-18-10-13-23(14-11-18)12-9-16-5-7-19(8-6-16)26-21-22-20-4-2-1-3-17(20)15-25-21/h1-8,18,24H,9-15H2. The van der Waals surface area contributed by atoms with Gasteiger partial charge in [0.1, 0.15) is 12.4 Å². The van der Waals surface area contributed by atoms with Crippen molar-refractivity contribution in [3.8, 4) is 5.75 Å². The van der Waals surface area contributed by atoms with Crippen molar-refractivity contribution in [2.24, 2.45) is 4.99 Å². The first-order valence-electron chi connectivity index (χ1n) is 9.23. The lowest BCUT2D eigenvalue weighted by atomic mass is 10.1. The summed E-state index contributed by atoms with van der Waals surface area (Å²) < 4.78 is 11.3. The Balaban J connectivity index is 1.31. The fraction of sp³-hybridized carbons (Fsp3) is 0.381. The Morgan fingerprint density at radius 2 is 1.85 bits per heavy atom. The van der Waals surface area contributed by atoms with Crippen molar-refractivity contribution < 1.29 is 14.6 Å². The lowest BCUT2D eigenvalue weighted by Crippen LogP contribution is -2.37. The molecular formula is C21H24N2O3. The van der Waals surface area contributed by atoms with Crippen LogP contribution in [0.4, 0.5) is 5.69 Å². The van der Waals surface area contributed by atoms with E-state index in [1.165, 1.54) is 5.56 Å². The molecule has 0 bridgehead atoms. The summed E-state index contributed by atoms with van der Waals surface area (Å²) in [6.07, 6.45) is 2.96. The average Bonchev–Trinajstić information content (AvgIpc) is 2.69. The van der Waals surface area contributed by atoms with Gasteiger partial charge in [-0.15, -0.1) is 0 Å². The predicted molar refractivity (Wildman–Crippen MR) is 101 cm³/mol. The number of para-hydroxylation sites is 1. The second kappa shape index (κ2) is 7.89. The fourth-order valence-corrected chi connectivity index (χ4v) is 3.32. The molecule has 0 atom stereocenters. The zero-order valence-electron chi connectivity index (χ0n) is 14.8. The Hall–Kier alpha value is -2.37. The average molecular weight is 352 g/mol. The molecule has 0 unspecified atom stereocenters. The van der Waals surface area contributed by atoms with E-state index >= 15 is 0 Å². The molecule has 2 aromatic carbocycles. The molecule has 1 fully saturated rings. The number of aliphatic hydroxyl groups excluding tert-OH is 1. The zero-order chi connectivity index (χ0) is 17.8. The van der Waals surface area contributed by atoms with Crippen molar-refractivity contribution in [3.05, 3.63) is 59.7 Å². The predicted octanol–water partition coefficient (Wildman–Crippen LogP) is 3.28. The van der Waals surface area contributed by atoms with Crippen molar-refractivity contribution in [1.82, 2.24) is 4.90 Å². The van der Waals surface area contributed by atoms with Gasteiger partial charge in [-0.1, -0.05) is 30.3 Å². The van der Waals surface area contributed by atoms with Gasteiger partial charge in [0.25, 0.3) is 0 Å². The highest BCUT2D eigenvalue weighted by molar-refractivity contribution is 5.76. The molecule has 2 aliphatic heterocycles. The molecule has 1 saturated heterocycles. The molecule has 5 heteroatoms.